The van der Waals surface area contributed by atoms with E-state index in [1.54, 1.807) is 0 Å². The summed E-state index contributed by atoms with van der Waals surface area (Å²) >= 11 is 0. The van der Waals surface area contributed by atoms with Crippen LogP contribution < -0.4 is 5.32 Å². The van der Waals surface area contributed by atoms with Gasteiger partial charge in [0, 0.05) is 13.3 Å². The fraction of sp³-hybridized carbons (Fsp3) is 0.969. The van der Waals surface area contributed by atoms with Gasteiger partial charge in [-0.2, -0.15) is 0 Å². The van der Waals surface area contributed by atoms with Crippen molar-refractivity contribution in [3.05, 3.63) is 0 Å². The van der Waals surface area contributed by atoms with E-state index in [4.69, 9.17) is 42.6 Å². The summed E-state index contributed by atoms with van der Waals surface area (Å²) in [4.78, 5) is 12.4. The number of amides is 1. The van der Waals surface area contributed by atoms with Crippen LogP contribution in [0.15, 0.2) is 0 Å². The first-order valence-corrected chi connectivity index (χ1v) is 18.2. The van der Waals surface area contributed by atoms with Crippen LogP contribution in [0, 0.1) is 0 Å². The van der Waals surface area contributed by atoms with Crippen LogP contribution in [0.4, 0.5) is 0 Å². The van der Waals surface area contributed by atoms with Gasteiger partial charge in [-0.25, -0.2) is 0 Å². The van der Waals surface area contributed by atoms with Crippen LogP contribution in [-0.2, 0) is 47.4 Å². The lowest BCUT2D eigenvalue weighted by atomic mass is 9.94. The van der Waals surface area contributed by atoms with Gasteiger partial charge in [-0.15, -0.1) is 0 Å². The fourth-order valence-electron chi connectivity index (χ4n) is 7.36. The Bertz CT molecular complexity index is 1240. The third-order valence-corrected chi connectivity index (χ3v) is 10.4. The molecule has 0 saturated carbocycles. The van der Waals surface area contributed by atoms with Crippen LogP contribution in [-0.4, -0.2) is 246 Å². The molecule has 0 bridgehead atoms. The number of rotatable bonds is 13. The van der Waals surface area contributed by atoms with Gasteiger partial charge < -0.3 is 114 Å². The zero-order valence-electron chi connectivity index (χ0n) is 30.4. The lowest BCUT2D eigenvalue weighted by Crippen LogP contribution is -2.70. The molecule has 24 nitrogen and oxygen atoms in total. The highest BCUT2D eigenvalue weighted by atomic mass is 16.8. The average molecular weight is 822 g/mol. The lowest BCUT2D eigenvalue weighted by Gasteiger charge is -2.50. The van der Waals surface area contributed by atoms with Crippen molar-refractivity contribution in [2.75, 3.05) is 33.0 Å². The van der Waals surface area contributed by atoms with Crippen LogP contribution in [0.5, 0.6) is 0 Å². The number of aliphatic hydroxyl groups is 13. The maximum Gasteiger partial charge on any atom is 0.217 e. The molecule has 5 fully saturated rings. The van der Waals surface area contributed by atoms with Gasteiger partial charge in [-0.05, 0) is 6.92 Å². The summed E-state index contributed by atoms with van der Waals surface area (Å²) in [5, 5.41) is 140. The monoisotopic (exact) mass is 821 g/mol. The predicted octanol–water partition coefficient (Wildman–Crippen LogP) is -9.04. The molecule has 0 aliphatic carbocycles. The standard InChI is InChI=1S/C32H55NO23/c1-9-18(41)22(45)26(15(6-36)49-9)54-32-24(47)28(20(43)14(5-35)51-32)56-30-17(33-10(2)38)21(44)25(16(7-37)52-30)53-31-23(46)27(19(42)13(4-34)50-31)55-29-12(40)3-11(39)8-48-29/h9,11-32,34-37,39-47H,3-8H2,1-2H3,(H,33,38)/t9?,11-,12?,13?,14?,15?,16?,17?,18?,19-,20-,21+,22+,23?,24?,25+,26+,27-,28-,29-,30-,31-,32-/m0/s1. The number of carbonyl (C=O) groups excluding carboxylic acids is 1. The quantitative estimate of drug-likeness (QED) is 0.0820. The van der Waals surface area contributed by atoms with E-state index >= 15 is 0 Å². The SMILES string of the molecule is CC(=O)NC1[C@H](O[C@@H]2C(O)[C@H](O[C@@H]3C(CO)OC(C)C(O)[C@H]3O)OC(CO)[C@@H]2O)OC(CO)[C@@H](O[C@@H]2OC(CO)[C@H](O)[C@H](O[C@@H]3OC[C@@H](O)CC3O)C2O)[C@@H]1O. The van der Waals surface area contributed by atoms with E-state index in [0.29, 0.717) is 0 Å². The molecule has 5 saturated heterocycles. The molecule has 0 aromatic carbocycles. The van der Waals surface area contributed by atoms with Crippen molar-refractivity contribution in [1.82, 2.24) is 5.32 Å². The molecule has 56 heavy (non-hydrogen) atoms. The van der Waals surface area contributed by atoms with Crippen LogP contribution in [0.3, 0.4) is 0 Å². The molecular weight excluding hydrogens is 766 g/mol. The van der Waals surface area contributed by atoms with Gasteiger partial charge >= 0.3 is 0 Å². The second kappa shape index (κ2) is 19.8. The van der Waals surface area contributed by atoms with Gasteiger partial charge in [0.1, 0.15) is 104 Å². The maximum absolute atomic E-state index is 12.4. The Balaban J connectivity index is 1.34. The normalized spacial score (nSPS) is 50.4. The summed E-state index contributed by atoms with van der Waals surface area (Å²) in [5.74, 6) is -0.758. The Labute approximate surface area is 319 Å². The van der Waals surface area contributed by atoms with E-state index in [9.17, 15) is 71.2 Å². The summed E-state index contributed by atoms with van der Waals surface area (Å²) in [7, 11) is 0. The highest BCUT2D eigenvalue weighted by Crippen LogP contribution is 2.35. The second-order valence-electron chi connectivity index (χ2n) is 14.5. The molecule has 5 aliphatic heterocycles. The van der Waals surface area contributed by atoms with E-state index in [1.165, 1.54) is 6.92 Å². The molecule has 5 heterocycles. The topological polar surface area (TPSA) is 375 Å². The van der Waals surface area contributed by atoms with E-state index in [1.807, 2.05) is 0 Å². The fourth-order valence-corrected chi connectivity index (χ4v) is 7.36. The molecule has 0 spiro atoms. The lowest BCUT2D eigenvalue weighted by molar-refractivity contribution is -0.381. The smallest absolute Gasteiger partial charge is 0.217 e. The maximum atomic E-state index is 12.4. The molecule has 326 valence electrons. The molecule has 23 atom stereocenters. The van der Waals surface area contributed by atoms with Gasteiger partial charge in [0.2, 0.25) is 5.91 Å². The highest BCUT2D eigenvalue weighted by molar-refractivity contribution is 5.73. The number of hydrogen-bond donors (Lipinski definition) is 14. The van der Waals surface area contributed by atoms with E-state index in [-0.39, 0.29) is 13.0 Å². The Morgan fingerprint density at radius 2 is 1.00 bits per heavy atom. The van der Waals surface area contributed by atoms with Gasteiger partial charge in [0.15, 0.2) is 25.2 Å². The molecule has 0 radical (unpaired) electrons. The Hall–Kier alpha value is -1.41. The molecule has 0 aromatic heterocycles. The molecule has 24 heteroatoms. The molecular formula is C32H55NO23. The zero-order valence-corrected chi connectivity index (χ0v) is 30.4. The Morgan fingerprint density at radius 3 is 1.48 bits per heavy atom. The molecule has 5 aliphatic rings. The molecule has 0 aromatic rings. The number of nitrogens with one attached hydrogen (secondary N) is 1. The number of aliphatic hydroxyl groups excluding tert-OH is 13. The minimum absolute atomic E-state index is 0.149. The molecule has 10 unspecified atom stereocenters. The minimum Gasteiger partial charge on any atom is -0.394 e. The number of ether oxygens (including phenoxy) is 9. The van der Waals surface area contributed by atoms with Crippen molar-refractivity contribution < 1.29 is 114 Å². The largest absolute Gasteiger partial charge is 0.394 e. The number of carbonyl (C=O) groups is 1. The first-order chi connectivity index (χ1) is 26.5. The van der Waals surface area contributed by atoms with E-state index in [2.05, 4.69) is 5.32 Å². The van der Waals surface area contributed by atoms with Crippen LogP contribution in [0.25, 0.3) is 0 Å². The van der Waals surface area contributed by atoms with Gasteiger partial charge in [-0.1, -0.05) is 0 Å². The molecule has 5 rings (SSSR count). The van der Waals surface area contributed by atoms with Crippen molar-refractivity contribution in [3.8, 4) is 0 Å². The van der Waals surface area contributed by atoms with Crippen molar-refractivity contribution in [1.29, 1.82) is 0 Å². The van der Waals surface area contributed by atoms with Gasteiger partial charge in [-0.3, -0.25) is 4.79 Å². The molecule has 1 amide bonds. The highest BCUT2D eigenvalue weighted by Gasteiger charge is 2.56. The van der Waals surface area contributed by atoms with Crippen molar-refractivity contribution in [3.63, 3.8) is 0 Å². The first-order valence-electron chi connectivity index (χ1n) is 18.2. The third kappa shape index (κ3) is 9.79. The third-order valence-electron chi connectivity index (χ3n) is 10.4. The summed E-state index contributed by atoms with van der Waals surface area (Å²) in [6.45, 7) is -1.05. The van der Waals surface area contributed by atoms with Crippen LogP contribution in [0.1, 0.15) is 20.3 Å². The Morgan fingerprint density at radius 1 is 0.554 bits per heavy atom. The Kier molecular flexibility index (Phi) is 16.1. The van der Waals surface area contributed by atoms with E-state index < -0.39 is 173 Å². The average Bonchev–Trinajstić information content (AvgIpc) is 3.16. The predicted molar refractivity (Wildman–Crippen MR) is 174 cm³/mol. The van der Waals surface area contributed by atoms with Crippen molar-refractivity contribution >= 4 is 5.91 Å². The summed E-state index contributed by atoms with van der Waals surface area (Å²) in [6, 6.07) is -1.64. The first kappa shape index (κ1) is 45.7. The number of hydrogen-bond acceptors (Lipinski definition) is 23. The van der Waals surface area contributed by atoms with E-state index in [0.717, 1.165) is 6.92 Å². The summed E-state index contributed by atoms with van der Waals surface area (Å²) in [6.07, 6.45) is -35.3. The van der Waals surface area contributed by atoms with Crippen molar-refractivity contribution in [2.24, 2.45) is 0 Å². The van der Waals surface area contributed by atoms with Gasteiger partial charge in [0.05, 0.1) is 45.2 Å². The van der Waals surface area contributed by atoms with Gasteiger partial charge in [0.25, 0.3) is 0 Å². The zero-order chi connectivity index (χ0) is 41.2. The molecule has 14 N–H and O–H groups in total. The minimum atomic E-state index is -1.99. The van der Waals surface area contributed by atoms with Crippen LogP contribution in [0.2, 0.25) is 0 Å². The van der Waals surface area contributed by atoms with Crippen molar-refractivity contribution in [2.45, 2.75) is 161 Å². The summed E-state index contributed by atoms with van der Waals surface area (Å²) in [5.41, 5.74) is 0. The second-order valence-corrected chi connectivity index (χ2v) is 14.5. The summed E-state index contributed by atoms with van der Waals surface area (Å²) < 4.78 is 50.9. The van der Waals surface area contributed by atoms with Crippen LogP contribution >= 0.6 is 0 Å².